The minimum absolute atomic E-state index is 0.00889. The smallest absolute Gasteiger partial charge is 0.0129 e. The van der Waals surface area contributed by atoms with Crippen LogP contribution in [0, 0.1) is 33.5 Å². The van der Waals surface area contributed by atoms with Crippen LogP contribution in [0.1, 0.15) is 179 Å². The fourth-order valence-corrected chi connectivity index (χ4v) is 8.97. The van der Waals surface area contributed by atoms with Gasteiger partial charge in [0.2, 0.25) is 0 Å². The Morgan fingerprint density at radius 3 is 1.28 bits per heavy atom. The highest BCUT2D eigenvalue weighted by molar-refractivity contribution is 7.99. The summed E-state index contributed by atoms with van der Waals surface area (Å²) in [6, 6.07) is 18.5. The zero-order valence-corrected chi connectivity index (χ0v) is 34.6. The molecular weight excluding hydrogens is 573 g/mol. The molecule has 1 aromatic carbocycles. The third-order valence-corrected chi connectivity index (χ3v) is 15.8. The van der Waals surface area contributed by atoms with Crippen molar-refractivity contribution in [2.24, 2.45) is 33.5 Å². The van der Waals surface area contributed by atoms with Gasteiger partial charge in [0.05, 0.1) is 0 Å². The number of hydrogen-bond donors (Lipinski definition) is 0. The first-order valence-corrected chi connectivity index (χ1v) is 20.2. The Morgan fingerprint density at radius 1 is 0.522 bits per heavy atom. The van der Waals surface area contributed by atoms with Crippen molar-refractivity contribution < 1.29 is 0 Å². The molecule has 0 aliphatic heterocycles. The second kappa shape index (κ2) is 15.7. The summed E-state index contributed by atoms with van der Waals surface area (Å²) in [5.41, 5.74) is 3.58. The third-order valence-electron chi connectivity index (χ3n) is 14.4. The highest BCUT2D eigenvalue weighted by Crippen LogP contribution is 2.58. The maximum atomic E-state index is 2.61. The van der Waals surface area contributed by atoms with Crippen LogP contribution in [0.25, 0.3) is 0 Å². The minimum Gasteiger partial charge on any atom is -0.159 e. The number of hydrogen-bond acceptors (Lipinski definition) is 1. The van der Waals surface area contributed by atoms with E-state index in [9.17, 15) is 0 Å². The van der Waals surface area contributed by atoms with Gasteiger partial charge >= 0.3 is 0 Å². The lowest BCUT2D eigenvalue weighted by molar-refractivity contribution is -0.0227. The summed E-state index contributed by atoms with van der Waals surface area (Å²) in [5, 5.41) is 0. The molecule has 46 heavy (non-hydrogen) atoms. The normalized spacial score (nSPS) is 20.4. The van der Waals surface area contributed by atoms with Crippen molar-refractivity contribution in [1.82, 2.24) is 0 Å². The van der Waals surface area contributed by atoms with E-state index in [-0.39, 0.29) is 27.1 Å². The molecule has 2 rings (SSSR count). The SMILES string of the molecule is CSC(C)(C)C1CCCCCC(C(C)(C)CC(C)(C)C(C)(C)C(C)(C)c2ccccc(C(C)(C)C(C)(C)C)cccc2)CCCC1. The van der Waals surface area contributed by atoms with E-state index in [0.717, 1.165) is 11.8 Å². The summed E-state index contributed by atoms with van der Waals surface area (Å²) < 4.78 is 0.406. The molecule has 0 N–H and O–H groups in total. The molecule has 2 atom stereocenters. The van der Waals surface area contributed by atoms with Gasteiger partial charge in [0, 0.05) is 4.75 Å². The van der Waals surface area contributed by atoms with Crippen LogP contribution in [-0.4, -0.2) is 11.0 Å². The monoisotopic (exact) mass is 651 g/mol. The lowest BCUT2D eigenvalue weighted by Crippen LogP contribution is -2.49. The van der Waals surface area contributed by atoms with E-state index < -0.39 is 0 Å². The van der Waals surface area contributed by atoms with E-state index in [2.05, 4.69) is 170 Å². The van der Waals surface area contributed by atoms with Gasteiger partial charge in [-0.05, 0) is 93.8 Å². The first-order valence-electron chi connectivity index (χ1n) is 18.9. The Bertz CT molecular complexity index is 1110. The van der Waals surface area contributed by atoms with Crippen molar-refractivity contribution in [2.45, 2.75) is 184 Å². The molecule has 0 amide bonds. The Hall–Kier alpha value is -0.950. The van der Waals surface area contributed by atoms with E-state index in [0.29, 0.717) is 10.2 Å². The summed E-state index contributed by atoms with van der Waals surface area (Å²) in [4.78, 5) is 0. The number of thioether (sulfide) groups is 1. The summed E-state index contributed by atoms with van der Waals surface area (Å²) in [5.74, 6) is 1.66. The van der Waals surface area contributed by atoms with Crippen LogP contribution in [0.15, 0.2) is 48.5 Å². The van der Waals surface area contributed by atoms with Crippen molar-refractivity contribution >= 4 is 11.8 Å². The molecule has 264 valence electrons. The summed E-state index contributed by atoms with van der Waals surface area (Å²) in [7, 11) is 0. The molecule has 2 unspecified atom stereocenters. The van der Waals surface area contributed by atoms with E-state index in [1.165, 1.54) is 75.3 Å². The quantitative estimate of drug-likeness (QED) is 0.256. The van der Waals surface area contributed by atoms with Crippen molar-refractivity contribution in [3.05, 3.63) is 59.7 Å². The summed E-state index contributed by atoms with van der Waals surface area (Å²) in [6.45, 7) is 37.2. The van der Waals surface area contributed by atoms with E-state index in [1.54, 1.807) is 0 Å². The number of rotatable bonds is 9. The zero-order valence-electron chi connectivity index (χ0n) is 33.8. The molecular formula is C45H78S. The van der Waals surface area contributed by atoms with Crippen LogP contribution < -0.4 is 0 Å². The zero-order chi connectivity index (χ0) is 35.2. The van der Waals surface area contributed by atoms with Gasteiger partial charge in [-0.15, -0.1) is 0 Å². The standard InChI is InChI=1S/C45H78S/c1-39(2,3)42(8,9)36-28-21-23-30-37(31-24-22-29-36)43(10,11)45(14,15)41(6,7)34-40(4,5)35-26-18-17-19-32-38(33-25-20-27-35)44(12,13)46-16/h21-24,28-31,35,38H,17-20,25-27,32-34H2,1-16H3. The highest BCUT2D eigenvalue weighted by Gasteiger charge is 2.51. The molecule has 0 aromatic heterocycles. The van der Waals surface area contributed by atoms with Gasteiger partial charge in [0.25, 0.3) is 0 Å². The third kappa shape index (κ3) is 9.82. The molecule has 1 aliphatic carbocycles. The lowest BCUT2D eigenvalue weighted by atomic mass is 9.49. The van der Waals surface area contributed by atoms with Gasteiger partial charge in [-0.1, -0.05) is 184 Å². The van der Waals surface area contributed by atoms with Crippen LogP contribution >= 0.6 is 11.8 Å². The topological polar surface area (TPSA) is 0 Å². The van der Waals surface area contributed by atoms with Crippen molar-refractivity contribution in [1.29, 1.82) is 0 Å². The molecule has 0 heterocycles. The molecule has 0 spiro atoms. The van der Waals surface area contributed by atoms with Crippen LogP contribution in [0.3, 0.4) is 0 Å². The molecule has 0 radical (unpaired) electrons. The van der Waals surface area contributed by atoms with Gasteiger partial charge in [0.15, 0.2) is 0 Å². The molecule has 1 aliphatic rings. The molecule has 0 bridgehead atoms. The Balaban J connectivity index is 2.32. The van der Waals surface area contributed by atoms with Crippen LogP contribution in [0.2, 0.25) is 0 Å². The average Bonchev–Trinajstić information content (AvgIpc) is 2.99. The maximum absolute atomic E-state index is 2.61. The Kier molecular flexibility index (Phi) is 14.1. The Labute approximate surface area is 293 Å². The first-order chi connectivity index (χ1) is 20.9. The second-order valence-electron chi connectivity index (χ2n) is 19.6. The molecule has 1 heteroatoms. The van der Waals surface area contributed by atoms with Crippen molar-refractivity contribution in [3.63, 3.8) is 0 Å². The summed E-state index contributed by atoms with van der Waals surface area (Å²) in [6.07, 6.45) is 16.2. The molecule has 1 saturated carbocycles. The van der Waals surface area contributed by atoms with E-state index in [1.807, 2.05) is 0 Å². The van der Waals surface area contributed by atoms with Gasteiger partial charge in [-0.3, -0.25) is 0 Å². The van der Waals surface area contributed by atoms with Crippen LogP contribution in [0.4, 0.5) is 0 Å². The van der Waals surface area contributed by atoms with Gasteiger partial charge in [-0.25, -0.2) is 0 Å². The van der Waals surface area contributed by atoms with Crippen LogP contribution in [0.5, 0.6) is 0 Å². The van der Waals surface area contributed by atoms with Crippen molar-refractivity contribution in [2.75, 3.05) is 6.26 Å². The van der Waals surface area contributed by atoms with Gasteiger partial charge < -0.3 is 0 Å². The fourth-order valence-electron chi connectivity index (χ4n) is 8.40. The van der Waals surface area contributed by atoms with Gasteiger partial charge in [-0.2, -0.15) is 11.8 Å². The molecule has 1 aromatic rings. The maximum Gasteiger partial charge on any atom is 0.0129 e. The molecule has 1 fully saturated rings. The summed E-state index contributed by atoms with van der Waals surface area (Å²) >= 11 is 2.08. The lowest BCUT2D eigenvalue weighted by Gasteiger charge is -2.55. The van der Waals surface area contributed by atoms with Crippen molar-refractivity contribution in [3.8, 4) is 0 Å². The predicted molar refractivity (Wildman–Crippen MR) is 212 cm³/mol. The highest BCUT2D eigenvalue weighted by atomic mass is 32.2. The Morgan fingerprint density at radius 2 is 0.891 bits per heavy atom. The largest absolute Gasteiger partial charge is 0.159 e. The molecule has 0 nitrogen and oxygen atoms in total. The van der Waals surface area contributed by atoms with E-state index in [4.69, 9.17) is 0 Å². The van der Waals surface area contributed by atoms with E-state index >= 15 is 0 Å². The van der Waals surface area contributed by atoms with Gasteiger partial charge in [0.1, 0.15) is 0 Å². The average molecular weight is 651 g/mol. The minimum atomic E-state index is -0.00889. The fraction of sp³-hybridized carbons (Fsp3) is 0.778. The predicted octanol–water partition coefficient (Wildman–Crippen LogP) is 14.8. The van der Waals surface area contributed by atoms with Crippen LogP contribution in [-0.2, 0) is 10.8 Å². The first kappa shape index (κ1) is 41.2. The second-order valence-corrected chi connectivity index (χ2v) is 21.1. The molecule has 0 saturated heterocycles.